The molecule has 6 heteroatoms. The van der Waals surface area contributed by atoms with Crippen LogP contribution in [0.3, 0.4) is 0 Å². The molecule has 1 saturated carbocycles. The molecular formula is C15H19ClN2O3. The molecule has 1 aliphatic carbocycles. The van der Waals surface area contributed by atoms with Crippen LogP contribution in [-0.4, -0.2) is 23.1 Å². The first-order valence-electron chi connectivity index (χ1n) is 7.07. The van der Waals surface area contributed by atoms with Gasteiger partial charge in [-0.05, 0) is 43.9 Å². The summed E-state index contributed by atoms with van der Waals surface area (Å²) < 4.78 is 0. The third kappa shape index (κ3) is 4.36. The predicted molar refractivity (Wildman–Crippen MR) is 82.0 cm³/mol. The van der Waals surface area contributed by atoms with Crippen LogP contribution in [0.1, 0.15) is 43.0 Å². The molecule has 21 heavy (non-hydrogen) atoms. The number of rotatable bonds is 4. The fourth-order valence-electron chi connectivity index (χ4n) is 2.73. The van der Waals surface area contributed by atoms with E-state index in [2.05, 4.69) is 10.6 Å². The number of carboxylic acid groups (broad SMARTS) is 1. The van der Waals surface area contributed by atoms with E-state index in [1.54, 1.807) is 0 Å². The van der Waals surface area contributed by atoms with E-state index >= 15 is 0 Å². The third-order valence-corrected chi connectivity index (χ3v) is 4.09. The standard InChI is InChI=1S/C15H19ClN2O3/c1-9(10-4-2-3-5-10)17-15(21)18-13-7-11(14(19)20)6-12(16)8-13/h6-10H,2-5H2,1H3,(H,19,20)(H2,17,18,21). The zero-order valence-electron chi connectivity index (χ0n) is 11.9. The number of urea groups is 1. The summed E-state index contributed by atoms with van der Waals surface area (Å²) in [5.74, 6) is -0.565. The summed E-state index contributed by atoms with van der Waals surface area (Å²) in [6.45, 7) is 2.00. The molecule has 0 aliphatic heterocycles. The Kier molecular flexibility index (Phi) is 5.07. The molecule has 114 valence electrons. The van der Waals surface area contributed by atoms with E-state index in [-0.39, 0.29) is 22.7 Å². The van der Waals surface area contributed by atoms with E-state index in [4.69, 9.17) is 16.7 Å². The number of amides is 2. The van der Waals surface area contributed by atoms with Crippen LogP contribution in [-0.2, 0) is 0 Å². The highest BCUT2D eigenvalue weighted by atomic mass is 35.5. The van der Waals surface area contributed by atoms with E-state index in [1.165, 1.54) is 31.0 Å². The molecular weight excluding hydrogens is 292 g/mol. The van der Waals surface area contributed by atoms with Gasteiger partial charge in [-0.25, -0.2) is 9.59 Å². The molecule has 1 atom stereocenters. The topological polar surface area (TPSA) is 78.4 Å². The van der Waals surface area contributed by atoms with Crippen molar-refractivity contribution in [1.29, 1.82) is 0 Å². The molecule has 0 spiro atoms. The van der Waals surface area contributed by atoms with Gasteiger partial charge in [0.05, 0.1) is 5.56 Å². The first-order chi connectivity index (χ1) is 9.95. The number of anilines is 1. The van der Waals surface area contributed by atoms with Crippen molar-refractivity contribution in [3.8, 4) is 0 Å². The van der Waals surface area contributed by atoms with Crippen molar-refractivity contribution in [2.45, 2.75) is 38.6 Å². The highest BCUT2D eigenvalue weighted by Crippen LogP contribution is 2.27. The van der Waals surface area contributed by atoms with Gasteiger partial charge in [-0.2, -0.15) is 0 Å². The third-order valence-electron chi connectivity index (χ3n) is 3.87. The number of carboxylic acids is 1. The van der Waals surface area contributed by atoms with Gasteiger partial charge in [0.1, 0.15) is 0 Å². The Balaban J connectivity index is 1.97. The normalized spacial score (nSPS) is 16.5. The second-order valence-corrected chi connectivity index (χ2v) is 5.90. The Morgan fingerprint density at radius 2 is 1.95 bits per heavy atom. The molecule has 2 rings (SSSR count). The number of aromatic carboxylic acids is 1. The van der Waals surface area contributed by atoms with Crippen molar-refractivity contribution in [2.75, 3.05) is 5.32 Å². The maximum Gasteiger partial charge on any atom is 0.335 e. The highest BCUT2D eigenvalue weighted by Gasteiger charge is 2.22. The van der Waals surface area contributed by atoms with Gasteiger partial charge in [0.15, 0.2) is 0 Å². The molecule has 3 N–H and O–H groups in total. The number of benzene rings is 1. The molecule has 1 aliphatic rings. The molecule has 0 heterocycles. The van der Waals surface area contributed by atoms with Crippen LogP contribution in [0.15, 0.2) is 18.2 Å². The molecule has 2 amide bonds. The fraction of sp³-hybridized carbons (Fsp3) is 0.467. The second-order valence-electron chi connectivity index (χ2n) is 5.47. The van der Waals surface area contributed by atoms with Gasteiger partial charge in [0.2, 0.25) is 0 Å². The molecule has 0 saturated heterocycles. The van der Waals surface area contributed by atoms with Crippen LogP contribution >= 0.6 is 11.6 Å². The number of nitrogens with one attached hydrogen (secondary N) is 2. The summed E-state index contributed by atoms with van der Waals surface area (Å²) in [5, 5.41) is 14.8. The molecule has 0 radical (unpaired) electrons. The van der Waals surface area contributed by atoms with Crippen LogP contribution < -0.4 is 10.6 Å². The fourth-order valence-corrected chi connectivity index (χ4v) is 2.97. The van der Waals surface area contributed by atoms with Crippen molar-refractivity contribution in [3.05, 3.63) is 28.8 Å². The lowest BCUT2D eigenvalue weighted by Gasteiger charge is -2.20. The summed E-state index contributed by atoms with van der Waals surface area (Å²) in [7, 11) is 0. The minimum atomic E-state index is -1.08. The van der Waals surface area contributed by atoms with Crippen LogP contribution in [0.25, 0.3) is 0 Å². The van der Waals surface area contributed by atoms with Crippen LogP contribution in [0.2, 0.25) is 5.02 Å². The lowest BCUT2D eigenvalue weighted by atomic mass is 10.0. The molecule has 1 fully saturated rings. The quantitative estimate of drug-likeness (QED) is 0.792. The van der Waals surface area contributed by atoms with Crippen molar-refractivity contribution in [1.82, 2.24) is 5.32 Å². The summed E-state index contributed by atoms with van der Waals surface area (Å²) in [5.41, 5.74) is 0.415. The van der Waals surface area contributed by atoms with Gasteiger partial charge in [-0.15, -0.1) is 0 Å². The Labute approximate surface area is 128 Å². The summed E-state index contributed by atoms with van der Waals surface area (Å²) in [4.78, 5) is 22.9. The SMILES string of the molecule is CC(NC(=O)Nc1cc(Cl)cc(C(=O)O)c1)C1CCCC1. The number of carbonyl (C=O) groups excluding carboxylic acids is 1. The van der Waals surface area contributed by atoms with E-state index < -0.39 is 5.97 Å². The van der Waals surface area contributed by atoms with Crippen LogP contribution in [0.4, 0.5) is 10.5 Å². The monoisotopic (exact) mass is 310 g/mol. The maximum absolute atomic E-state index is 12.0. The smallest absolute Gasteiger partial charge is 0.335 e. The second kappa shape index (κ2) is 6.80. The zero-order chi connectivity index (χ0) is 15.4. The predicted octanol–water partition coefficient (Wildman–Crippen LogP) is 3.74. The van der Waals surface area contributed by atoms with Gasteiger partial charge in [0.25, 0.3) is 0 Å². The number of halogens is 1. The summed E-state index contributed by atoms with van der Waals surface area (Å²) >= 11 is 5.85. The van der Waals surface area contributed by atoms with Crippen molar-refractivity contribution in [3.63, 3.8) is 0 Å². The maximum atomic E-state index is 12.0. The average Bonchev–Trinajstić information content (AvgIpc) is 2.91. The molecule has 1 aromatic rings. The minimum Gasteiger partial charge on any atom is -0.478 e. The lowest BCUT2D eigenvalue weighted by molar-refractivity contribution is 0.0697. The zero-order valence-corrected chi connectivity index (χ0v) is 12.6. The Morgan fingerprint density at radius 1 is 1.29 bits per heavy atom. The molecule has 1 aromatic carbocycles. The summed E-state index contributed by atoms with van der Waals surface area (Å²) in [6, 6.07) is 4.01. The highest BCUT2D eigenvalue weighted by molar-refractivity contribution is 6.31. The van der Waals surface area contributed by atoms with Gasteiger partial charge < -0.3 is 15.7 Å². The molecule has 0 bridgehead atoms. The van der Waals surface area contributed by atoms with Gasteiger partial charge in [0, 0.05) is 16.8 Å². The van der Waals surface area contributed by atoms with Crippen LogP contribution in [0.5, 0.6) is 0 Å². The first kappa shape index (κ1) is 15.6. The average molecular weight is 311 g/mol. The van der Waals surface area contributed by atoms with Crippen molar-refractivity contribution < 1.29 is 14.7 Å². The van der Waals surface area contributed by atoms with Gasteiger partial charge >= 0.3 is 12.0 Å². The molecule has 0 aromatic heterocycles. The molecule has 1 unspecified atom stereocenters. The van der Waals surface area contributed by atoms with Gasteiger partial charge in [-0.1, -0.05) is 24.4 Å². The Bertz CT molecular complexity index is 542. The first-order valence-corrected chi connectivity index (χ1v) is 7.45. The Morgan fingerprint density at radius 3 is 2.57 bits per heavy atom. The van der Waals surface area contributed by atoms with Gasteiger partial charge in [-0.3, -0.25) is 0 Å². The number of hydrogen-bond donors (Lipinski definition) is 3. The Hall–Kier alpha value is -1.75. The van der Waals surface area contributed by atoms with E-state index in [0.717, 1.165) is 12.8 Å². The van der Waals surface area contributed by atoms with E-state index in [9.17, 15) is 9.59 Å². The molecule has 5 nitrogen and oxygen atoms in total. The largest absolute Gasteiger partial charge is 0.478 e. The van der Waals surface area contributed by atoms with Crippen molar-refractivity contribution in [2.24, 2.45) is 5.92 Å². The van der Waals surface area contributed by atoms with Crippen molar-refractivity contribution >= 4 is 29.3 Å². The number of carbonyl (C=O) groups is 2. The number of hydrogen-bond acceptors (Lipinski definition) is 2. The van der Waals surface area contributed by atoms with Crippen LogP contribution in [0, 0.1) is 5.92 Å². The van der Waals surface area contributed by atoms with E-state index in [0.29, 0.717) is 11.6 Å². The van der Waals surface area contributed by atoms with E-state index in [1.807, 2.05) is 6.92 Å². The minimum absolute atomic E-state index is 0.0432. The lowest BCUT2D eigenvalue weighted by Crippen LogP contribution is -2.39. The summed E-state index contributed by atoms with van der Waals surface area (Å²) in [6.07, 6.45) is 4.71.